The van der Waals surface area contributed by atoms with Crippen LogP contribution in [0.4, 0.5) is 5.95 Å². The Kier molecular flexibility index (Phi) is 4.98. The van der Waals surface area contributed by atoms with Gasteiger partial charge in [-0.25, -0.2) is 9.97 Å². The highest BCUT2D eigenvalue weighted by Gasteiger charge is 2.25. The molecule has 0 radical (unpaired) electrons. The van der Waals surface area contributed by atoms with E-state index in [-0.39, 0.29) is 5.91 Å². The van der Waals surface area contributed by atoms with Crippen LogP contribution in [0.15, 0.2) is 24.5 Å². The van der Waals surface area contributed by atoms with Gasteiger partial charge >= 0.3 is 0 Å². The zero-order valence-electron chi connectivity index (χ0n) is 14.2. The van der Waals surface area contributed by atoms with E-state index in [2.05, 4.69) is 19.9 Å². The van der Waals surface area contributed by atoms with Crippen molar-refractivity contribution in [3.8, 4) is 5.88 Å². The SMILES string of the molecule is CCCOc1nc(C)ccc1C(=O)N1CCN(c2ncc[nH]2)CC1. The maximum Gasteiger partial charge on any atom is 0.259 e. The molecule has 1 aliphatic heterocycles. The summed E-state index contributed by atoms with van der Waals surface area (Å²) in [6.07, 6.45) is 4.43. The van der Waals surface area contributed by atoms with E-state index in [1.165, 1.54) is 0 Å². The third-order valence-corrected chi connectivity index (χ3v) is 4.02. The number of aromatic nitrogens is 3. The monoisotopic (exact) mass is 329 g/mol. The molecule has 0 atom stereocenters. The molecule has 2 aromatic rings. The van der Waals surface area contributed by atoms with Crippen LogP contribution in [0.2, 0.25) is 0 Å². The molecule has 0 bridgehead atoms. The van der Waals surface area contributed by atoms with Crippen LogP contribution in [0, 0.1) is 6.92 Å². The molecule has 1 aliphatic rings. The zero-order chi connectivity index (χ0) is 16.9. The van der Waals surface area contributed by atoms with E-state index in [0.29, 0.717) is 31.1 Å². The first-order valence-corrected chi connectivity index (χ1v) is 8.33. The second kappa shape index (κ2) is 7.33. The van der Waals surface area contributed by atoms with Crippen LogP contribution in [0.5, 0.6) is 5.88 Å². The molecule has 0 saturated carbocycles. The summed E-state index contributed by atoms with van der Waals surface area (Å²) in [5.41, 5.74) is 1.39. The molecule has 0 aliphatic carbocycles. The number of rotatable bonds is 5. The van der Waals surface area contributed by atoms with Crippen LogP contribution in [-0.2, 0) is 0 Å². The normalized spacial score (nSPS) is 14.8. The molecular weight excluding hydrogens is 306 g/mol. The number of aryl methyl sites for hydroxylation is 1. The number of carbonyl (C=O) groups excluding carboxylic acids is 1. The van der Waals surface area contributed by atoms with Gasteiger partial charge in [0.15, 0.2) is 0 Å². The molecule has 3 heterocycles. The van der Waals surface area contributed by atoms with Gasteiger partial charge in [-0.3, -0.25) is 4.79 Å². The number of piperazine rings is 1. The second-order valence-corrected chi connectivity index (χ2v) is 5.85. The van der Waals surface area contributed by atoms with Gasteiger partial charge in [0.05, 0.1) is 6.61 Å². The third-order valence-electron chi connectivity index (χ3n) is 4.02. The Bertz CT molecular complexity index is 678. The minimum Gasteiger partial charge on any atom is -0.477 e. The maximum atomic E-state index is 12.9. The van der Waals surface area contributed by atoms with E-state index in [9.17, 15) is 4.79 Å². The van der Waals surface area contributed by atoms with Gasteiger partial charge in [0.2, 0.25) is 11.8 Å². The number of pyridine rings is 1. The van der Waals surface area contributed by atoms with Crippen molar-refractivity contribution in [1.29, 1.82) is 0 Å². The minimum atomic E-state index is -0.0207. The molecule has 0 unspecified atom stereocenters. The molecule has 1 amide bonds. The van der Waals surface area contributed by atoms with Crippen molar-refractivity contribution in [3.63, 3.8) is 0 Å². The topological polar surface area (TPSA) is 74.3 Å². The lowest BCUT2D eigenvalue weighted by atomic mass is 10.2. The van der Waals surface area contributed by atoms with E-state index in [4.69, 9.17) is 4.74 Å². The Labute approximate surface area is 141 Å². The summed E-state index contributed by atoms with van der Waals surface area (Å²) in [7, 11) is 0. The molecule has 128 valence electrons. The highest BCUT2D eigenvalue weighted by molar-refractivity contribution is 5.96. The van der Waals surface area contributed by atoms with Crippen molar-refractivity contribution in [3.05, 3.63) is 35.8 Å². The Hall–Kier alpha value is -2.57. The van der Waals surface area contributed by atoms with Crippen LogP contribution < -0.4 is 9.64 Å². The van der Waals surface area contributed by atoms with Crippen molar-refractivity contribution < 1.29 is 9.53 Å². The molecule has 24 heavy (non-hydrogen) atoms. The van der Waals surface area contributed by atoms with Gasteiger partial charge in [-0.1, -0.05) is 6.92 Å². The zero-order valence-corrected chi connectivity index (χ0v) is 14.2. The summed E-state index contributed by atoms with van der Waals surface area (Å²) in [5, 5.41) is 0. The van der Waals surface area contributed by atoms with Crippen LogP contribution >= 0.6 is 0 Å². The van der Waals surface area contributed by atoms with Crippen LogP contribution in [-0.4, -0.2) is 58.5 Å². The van der Waals surface area contributed by atoms with E-state index >= 15 is 0 Å². The van der Waals surface area contributed by atoms with Gasteiger partial charge in [0.1, 0.15) is 5.56 Å². The summed E-state index contributed by atoms with van der Waals surface area (Å²) >= 11 is 0. The fraction of sp³-hybridized carbons (Fsp3) is 0.471. The van der Waals surface area contributed by atoms with Gasteiger partial charge in [-0.15, -0.1) is 0 Å². The standard InChI is InChI=1S/C17H23N5O2/c1-3-12-24-15-14(5-4-13(2)20-15)16(23)21-8-10-22(11-9-21)17-18-6-7-19-17/h4-7H,3,8-12H2,1-2H3,(H,18,19). The predicted molar refractivity (Wildman–Crippen MR) is 91.5 cm³/mol. The van der Waals surface area contributed by atoms with E-state index in [1.807, 2.05) is 37.1 Å². The lowest BCUT2D eigenvalue weighted by molar-refractivity contribution is 0.0740. The number of hydrogen-bond acceptors (Lipinski definition) is 5. The van der Waals surface area contributed by atoms with Crippen molar-refractivity contribution in [2.24, 2.45) is 0 Å². The maximum absolute atomic E-state index is 12.9. The van der Waals surface area contributed by atoms with E-state index in [1.54, 1.807) is 6.20 Å². The summed E-state index contributed by atoms with van der Waals surface area (Å²) in [6, 6.07) is 3.67. The lowest BCUT2D eigenvalue weighted by Gasteiger charge is -2.34. The van der Waals surface area contributed by atoms with Crippen LogP contribution in [0.1, 0.15) is 29.4 Å². The number of anilines is 1. The summed E-state index contributed by atoms with van der Waals surface area (Å²) in [4.78, 5) is 28.6. The average Bonchev–Trinajstić information content (AvgIpc) is 3.14. The predicted octanol–water partition coefficient (Wildman–Crippen LogP) is 1.86. The fourth-order valence-corrected chi connectivity index (χ4v) is 2.73. The molecule has 0 spiro atoms. The van der Waals surface area contributed by atoms with Gasteiger partial charge in [-0.2, -0.15) is 0 Å². The summed E-state index contributed by atoms with van der Waals surface area (Å²) in [5.74, 6) is 1.27. The lowest BCUT2D eigenvalue weighted by Crippen LogP contribution is -2.49. The van der Waals surface area contributed by atoms with Crippen LogP contribution in [0.3, 0.4) is 0 Å². The van der Waals surface area contributed by atoms with Gasteiger partial charge in [-0.05, 0) is 25.5 Å². The molecule has 0 aromatic carbocycles. The first-order valence-electron chi connectivity index (χ1n) is 8.33. The fourth-order valence-electron chi connectivity index (χ4n) is 2.73. The van der Waals surface area contributed by atoms with Gasteiger partial charge in [0.25, 0.3) is 5.91 Å². The number of nitrogens with zero attached hydrogens (tertiary/aromatic N) is 4. The highest BCUT2D eigenvalue weighted by atomic mass is 16.5. The number of H-pyrrole nitrogens is 1. The average molecular weight is 329 g/mol. The van der Waals surface area contributed by atoms with Gasteiger partial charge < -0.3 is 19.5 Å². The highest BCUT2D eigenvalue weighted by Crippen LogP contribution is 2.20. The van der Waals surface area contributed by atoms with E-state index < -0.39 is 0 Å². The van der Waals surface area contributed by atoms with Crippen molar-refractivity contribution in [1.82, 2.24) is 19.9 Å². The summed E-state index contributed by atoms with van der Waals surface area (Å²) < 4.78 is 5.68. The molecule has 1 saturated heterocycles. The number of ether oxygens (including phenoxy) is 1. The smallest absolute Gasteiger partial charge is 0.259 e. The number of carbonyl (C=O) groups is 1. The minimum absolute atomic E-state index is 0.0207. The molecular formula is C17H23N5O2. The Morgan fingerprint density at radius 2 is 2.08 bits per heavy atom. The molecule has 7 heteroatoms. The van der Waals surface area contributed by atoms with Gasteiger partial charge in [0, 0.05) is 44.3 Å². The molecule has 7 nitrogen and oxygen atoms in total. The number of nitrogens with one attached hydrogen (secondary N) is 1. The first kappa shape index (κ1) is 16.3. The second-order valence-electron chi connectivity index (χ2n) is 5.85. The Morgan fingerprint density at radius 1 is 1.29 bits per heavy atom. The molecule has 3 rings (SSSR count). The first-order chi connectivity index (χ1) is 11.7. The summed E-state index contributed by atoms with van der Waals surface area (Å²) in [6.45, 7) is 7.30. The number of amides is 1. The third kappa shape index (κ3) is 3.50. The Balaban J connectivity index is 1.69. The van der Waals surface area contributed by atoms with Crippen molar-refractivity contribution in [2.45, 2.75) is 20.3 Å². The molecule has 2 aromatic heterocycles. The van der Waals surface area contributed by atoms with E-state index in [0.717, 1.165) is 31.2 Å². The number of imidazole rings is 1. The quantitative estimate of drug-likeness (QED) is 0.906. The molecule has 1 fully saturated rings. The Morgan fingerprint density at radius 3 is 2.75 bits per heavy atom. The van der Waals surface area contributed by atoms with Crippen molar-refractivity contribution in [2.75, 3.05) is 37.7 Å². The van der Waals surface area contributed by atoms with Crippen LogP contribution in [0.25, 0.3) is 0 Å². The number of aromatic amines is 1. The largest absolute Gasteiger partial charge is 0.477 e. The van der Waals surface area contributed by atoms with Crippen molar-refractivity contribution >= 4 is 11.9 Å². The molecule has 1 N–H and O–H groups in total. The number of hydrogen-bond donors (Lipinski definition) is 1.